The number of aliphatic hydroxyl groups excluding tert-OH is 9. The summed E-state index contributed by atoms with van der Waals surface area (Å²) in [5, 5.41) is 123. The summed E-state index contributed by atoms with van der Waals surface area (Å²) >= 11 is 0. The van der Waals surface area contributed by atoms with Gasteiger partial charge in [0.1, 0.15) is 60.9 Å². The number of carboxylic acids is 2. The van der Waals surface area contributed by atoms with E-state index in [0.29, 0.717) is 0 Å². The van der Waals surface area contributed by atoms with Gasteiger partial charge < -0.3 is 110 Å². The molecule has 0 aromatic heterocycles. The van der Waals surface area contributed by atoms with Gasteiger partial charge in [-0.15, -0.1) is 0 Å². The molecule has 26 heteroatoms. The minimum Gasteiger partial charge on any atom is -0.479 e. The van der Waals surface area contributed by atoms with Crippen LogP contribution < -0.4 is 16.4 Å². The normalized spacial score (nSPS) is 41.9. The largest absolute Gasteiger partial charge is 0.479 e. The van der Waals surface area contributed by atoms with Gasteiger partial charge in [0.15, 0.2) is 37.4 Å². The first-order valence-corrected chi connectivity index (χ1v) is 19.8. The van der Waals surface area contributed by atoms with Gasteiger partial charge in [0.05, 0.1) is 55.1 Å². The van der Waals surface area contributed by atoms with Gasteiger partial charge in [0, 0.05) is 20.4 Å². The number of ether oxygens (including phenoxy) is 8. The topological polar surface area (TPSA) is 415 Å². The molecule has 4 heterocycles. The zero-order valence-electron chi connectivity index (χ0n) is 34.8. The number of carbonyl (C=O) groups is 4. The number of aliphatic carboxylic acids is 2. The highest BCUT2D eigenvalue weighted by atomic mass is 16.7. The van der Waals surface area contributed by atoms with Crippen molar-refractivity contribution >= 4 is 23.8 Å². The number of aliphatic hydroxyl groups is 9. The van der Waals surface area contributed by atoms with Crippen molar-refractivity contribution in [2.24, 2.45) is 17.6 Å². The molecule has 358 valence electrons. The molecule has 4 rings (SSSR count). The van der Waals surface area contributed by atoms with Crippen LogP contribution in [0.3, 0.4) is 0 Å². The van der Waals surface area contributed by atoms with Crippen molar-refractivity contribution in [3.05, 3.63) is 0 Å². The number of hydrogen-bond acceptors (Lipinski definition) is 22. The van der Waals surface area contributed by atoms with Crippen LogP contribution in [-0.4, -0.2) is 228 Å². The van der Waals surface area contributed by atoms with E-state index < -0.39 is 170 Å². The van der Waals surface area contributed by atoms with Gasteiger partial charge in [-0.2, -0.15) is 0 Å². The predicted octanol–water partition coefficient (Wildman–Crippen LogP) is -7.24. The maximum atomic E-state index is 12.7. The number of amides is 2. The predicted molar refractivity (Wildman–Crippen MR) is 199 cm³/mol. The molecule has 0 bridgehead atoms. The number of carboxylic acid groups (broad SMARTS) is 2. The minimum absolute atomic E-state index is 0.0213. The summed E-state index contributed by atoms with van der Waals surface area (Å²) in [7, 11) is 0. The maximum absolute atomic E-state index is 12.7. The van der Waals surface area contributed by atoms with E-state index in [2.05, 4.69) is 10.6 Å². The lowest BCUT2D eigenvalue weighted by Crippen LogP contribution is -2.70. The third-order valence-electron chi connectivity index (χ3n) is 11.3. The number of hydrogen-bond donors (Lipinski definition) is 14. The molecule has 4 aliphatic heterocycles. The van der Waals surface area contributed by atoms with Crippen molar-refractivity contribution in [2.45, 2.75) is 163 Å². The van der Waals surface area contributed by atoms with Crippen LogP contribution in [-0.2, 0) is 57.1 Å². The summed E-state index contributed by atoms with van der Waals surface area (Å²) in [6.45, 7) is 5.29. The monoisotopic (exact) mass is 903 g/mol. The third-order valence-corrected chi connectivity index (χ3v) is 11.3. The van der Waals surface area contributed by atoms with E-state index in [1.807, 2.05) is 0 Å². The second-order valence-corrected chi connectivity index (χ2v) is 16.6. The summed E-state index contributed by atoms with van der Waals surface area (Å²) in [6.07, 6.45) is -29.4. The van der Waals surface area contributed by atoms with Crippen LogP contribution in [0.1, 0.15) is 41.5 Å². The first-order chi connectivity index (χ1) is 28.8. The lowest BCUT2D eigenvalue weighted by molar-refractivity contribution is -0.368. The second kappa shape index (κ2) is 21.0. The Morgan fingerprint density at radius 2 is 1.00 bits per heavy atom. The highest BCUT2D eigenvalue weighted by Crippen LogP contribution is 2.42. The Hall–Kier alpha value is -2.84. The first-order valence-electron chi connectivity index (χ1n) is 19.8. The van der Waals surface area contributed by atoms with Crippen molar-refractivity contribution in [1.29, 1.82) is 0 Å². The van der Waals surface area contributed by atoms with Crippen LogP contribution in [0.4, 0.5) is 0 Å². The molecule has 0 radical (unpaired) electrons. The first kappa shape index (κ1) is 51.8. The van der Waals surface area contributed by atoms with Gasteiger partial charge in [0.25, 0.3) is 0 Å². The lowest BCUT2D eigenvalue weighted by atomic mass is 9.77. The van der Waals surface area contributed by atoms with Crippen molar-refractivity contribution in [1.82, 2.24) is 10.6 Å². The molecule has 26 nitrogen and oxygen atoms in total. The standard InChI is InChI=1S/C36H61N3O23/c1-11(42)38-17-22(47)19(44)13(9-40)56-31(17)61-36(5,6)16-21(46)25(50)34(60-28(16)30(53)54)58-26-14(10-41)57-32(18(23(26)48)39-12(2)43)62-35(3,4)15-20(45)24(49)33(55-8-7-37)59-27(15)29(51)52/h13-28,31-34,40-41,44-50H,7-10,37H2,1-6H3,(H,38,42)(H,39,43)(H,51,52)(H,53,54)/t13?,14?,15-,16-,17-,18?,19+,20?,21?,22?,23?,24?,25?,26+,27?,28?,31+,32+,33+,34+/m0/s1. The molecule has 62 heavy (non-hydrogen) atoms. The third kappa shape index (κ3) is 11.1. The highest BCUT2D eigenvalue weighted by molar-refractivity contribution is 5.74. The molecule has 4 fully saturated rings. The van der Waals surface area contributed by atoms with Gasteiger partial charge in [-0.25, -0.2) is 9.59 Å². The van der Waals surface area contributed by atoms with Crippen LogP contribution in [0.25, 0.3) is 0 Å². The van der Waals surface area contributed by atoms with E-state index in [1.165, 1.54) is 27.7 Å². The van der Waals surface area contributed by atoms with Gasteiger partial charge in [-0.05, 0) is 27.7 Å². The number of rotatable bonds is 17. The summed E-state index contributed by atoms with van der Waals surface area (Å²) < 4.78 is 45.9. The molecule has 11 unspecified atom stereocenters. The molecule has 0 aromatic carbocycles. The fraction of sp³-hybridized carbons (Fsp3) is 0.889. The summed E-state index contributed by atoms with van der Waals surface area (Å²) in [4.78, 5) is 49.5. The van der Waals surface area contributed by atoms with Crippen molar-refractivity contribution < 1.29 is 113 Å². The zero-order chi connectivity index (χ0) is 46.8. The summed E-state index contributed by atoms with van der Waals surface area (Å²) in [5.41, 5.74) is 1.67. The highest BCUT2D eigenvalue weighted by Gasteiger charge is 2.60. The van der Waals surface area contributed by atoms with Crippen LogP contribution in [0.15, 0.2) is 0 Å². The Morgan fingerprint density at radius 3 is 1.42 bits per heavy atom. The molecule has 0 saturated carbocycles. The van der Waals surface area contributed by atoms with Crippen LogP contribution >= 0.6 is 0 Å². The number of nitrogens with two attached hydrogens (primary N) is 1. The van der Waals surface area contributed by atoms with E-state index >= 15 is 0 Å². The molecule has 4 aliphatic rings. The Kier molecular flexibility index (Phi) is 17.5. The van der Waals surface area contributed by atoms with Gasteiger partial charge >= 0.3 is 11.9 Å². The molecular weight excluding hydrogens is 842 g/mol. The van der Waals surface area contributed by atoms with Crippen molar-refractivity contribution in [3.8, 4) is 0 Å². The van der Waals surface area contributed by atoms with E-state index in [4.69, 9.17) is 43.6 Å². The van der Waals surface area contributed by atoms with E-state index in [9.17, 15) is 75.3 Å². The Labute approximate surface area is 354 Å². The maximum Gasteiger partial charge on any atom is 0.333 e. The molecular formula is C36H61N3O23. The Balaban J connectivity index is 1.59. The van der Waals surface area contributed by atoms with Gasteiger partial charge in [0.2, 0.25) is 11.8 Å². The second-order valence-electron chi connectivity index (χ2n) is 16.6. The summed E-state index contributed by atoms with van der Waals surface area (Å²) in [6, 6.07) is -3.13. The molecule has 0 aliphatic carbocycles. The molecule has 4 saturated heterocycles. The van der Waals surface area contributed by atoms with Crippen LogP contribution in [0.5, 0.6) is 0 Å². The Morgan fingerprint density at radius 1 is 0.581 bits per heavy atom. The van der Waals surface area contributed by atoms with Crippen molar-refractivity contribution in [3.63, 3.8) is 0 Å². The molecule has 20 atom stereocenters. The number of carbonyl (C=O) groups excluding carboxylic acids is 2. The molecule has 0 aromatic rings. The molecule has 15 N–H and O–H groups in total. The van der Waals surface area contributed by atoms with Gasteiger partial charge in [-0.3, -0.25) is 9.59 Å². The van der Waals surface area contributed by atoms with E-state index in [1.54, 1.807) is 0 Å². The SMILES string of the molecule is CC(=O)NC1C(O)[C@H](O[C@@H]2OC(C(=O)O)[C@@H](C(C)(C)O[C@H]3OC(CO)[C@@H](O)C(O)[C@@H]3NC(C)=O)C(O)C2O)C(CO)O[C@@H]1OC(C)(C)[C@@H]1C(C(=O)O)O[C@@H](OCCN)C(O)C1O. The smallest absolute Gasteiger partial charge is 0.333 e. The zero-order valence-corrected chi connectivity index (χ0v) is 34.8. The van der Waals surface area contributed by atoms with E-state index in [0.717, 1.165) is 13.8 Å². The fourth-order valence-corrected chi connectivity index (χ4v) is 8.34. The molecule has 2 amide bonds. The van der Waals surface area contributed by atoms with Crippen LogP contribution in [0, 0.1) is 11.8 Å². The summed E-state index contributed by atoms with van der Waals surface area (Å²) in [5.74, 6) is -8.07. The average molecular weight is 904 g/mol. The fourth-order valence-electron chi connectivity index (χ4n) is 8.34. The number of nitrogens with one attached hydrogen (secondary N) is 2. The molecule has 0 spiro atoms. The van der Waals surface area contributed by atoms with E-state index in [-0.39, 0.29) is 13.2 Å². The Bertz CT molecular complexity index is 1540. The lowest BCUT2D eigenvalue weighted by Gasteiger charge is -2.52. The average Bonchev–Trinajstić information content (AvgIpc) is 3.17. The van der Waals surface area contributed by atoms with Gasteiger partial charge in [-0.1, -0.05) is 0 Å². The minimum atomic E-state index is -2.15. The quantitative estimate of drug-likeness (QED) is 0.0645. The van der Waals surface area contributed by atoms with Crippen molar-refractivity contribution in [2.75, 3.05) is 26.4 Å². The van der Waals surface area contributed by atoms with Crippen LogP contribution in [0.2, 0.25) is 0 Å².